The van der Waals surface area contributed by atoms with E-state index in [-0.39, 0.29) is 0 Å². The third kappa shape index (κ3) is 0.976. The minimum Gasteiger partial charge on any atom is -0.353 e. The van der Waals surface area contributed by atoms with Crippen LogP contribution >= 0.6 is 11.3 Å². The summed E-state index contributed by atoms with van der Waals surface area (Å²) in [5.41, 5.74) is 5.52. The van der Waals surface area contributed by atoms with Gasteiger partial charge in [0.05, 0.1) is 10.4 Å². The maximum Gasteiger partial charge on any atom is 0.111 e. The van der Waals surface area contributed by atoms with Gasteiger partial charge in [-0.1, -0.05) is 0 Å². The van der Waals surface area contributed by atoms with Gasteiger partial charge in [0.1, 0.15) is 6.54 Å². The van der Waals surface area contributed by atoms with Crippen LogP contribution < -0.4 is 5.73 Å². The SMILES string of the molecule is [NH3+]Cc1cncs1. The molecule has 0 aliphatic rings. The minimum atomic E-state index is 0.866. The first kappa shape index (κ1) is 4.74. The van der Waals surface area contributed by atoms with Crippen LogP contribution in [-0.4, -0.2) is 4.98 Å². The lowest BCUT2D eigenvalue weighted by Crippen LogP contribution is -2.47. The van der Waals surface area contributed by atoms with Crippen LogP contribution in [0.3, 0.4) is 0 Å². The molecule has 7 heavy (non-hydrogen) atoms. The molecule has 0 atom stereocenters. The molecular weight excluding hydrogens is 108 g/mol. The van der Waals surface area contributed by atoms with E-state index in [1.807, 2.05) is 11.7 Å². The van der Waals surface area contributed by atoms with Gasteiger partial charge in [-0.25, -0.2) is 0 Å². The Morgan fingerprint density at radius 1 is 1.86 bits per heavy atom. The monoisotopic (exact) mass is 115 g/mol. The highest BCUT2D eigenvalue weighted by molar-refractivity contribution is 7.09. The molecule has 1 aromatic heterocycles. The van der Waals surface area contributed by atoms with Crippen LogP contribution in [0.15, 0.2) is 11.7 Å². The van der Waals surface area contributed by atoms with Crippen LogP contribution in [-0.2, 0) is 6.54 Å². The molecule has 0 radical (unpaired) electrons. The zero-order valence-electron chi connectivity index (χ0n) is 3.92. The molecule has 3 heteroatoms. The second-order valence-electron chi connectivity index (χ2n) is 1.22. The average Bonchev–Trinajstić information content (AvgIpc) is 2.14. The molecule has 1 heterocycles. The molecule has 0 aromatic carbocycles. The first-order chi connectivity index (χ1) is 3.43. The first-order valence-electron chi connectivity index (χ1n) is 2.10. The van der Waals surface area contributed by atoms with Gasteiger partial charge in [-0.3, -0.25) is 4.98 Å². The molecule has 1 aromatic rings. The molecule has 38 valence electrons. The van der Waals surface area contributed by atoms with Crippen molar-refractivity contribution in [1.29, 1.82) is 0 Å². The molecule has 0 spiro atoms. The molecule has 0 unspecified atom stereocenters. The van der Waals surface area contributed by atoms with Crippen LogP contribution in [0.25, 0.3) is 0 Å². The van der Waals surface area contributed by atoms with Gasteiger partial charge in [-0.2, -0.15) is 0 Å². The lowest BCUT2D eigenvalue weighted by Gasteiger charge is -1.74. The maximum absolute atomic E-state index is 3.87. The van der Waals surface area contributed by atoms with E-state index in [2.05, 4.69) is 10.7 Å². The highest BCUT2D eigenvalue weighted by Gasteiger charge is 1.87. The highest BCUT2D eigenvalue weighted by atomic mass is 32.1. The Hall–Kier alpha value is -0.410. The van der Waals surface area contributed by atoms with Crippen LogP contribution in [0, 0.1) is 0 Å². The van der Waals surface area contributed by atoms with Crippen molar-refractivity contribution < 1.29 is 5.73 Å². The lowest BCUT2D eigenvalue weighted by molar-refractivity contribution is -0.385. The molecule has 0 saturated carbocycles. The third-order valence-corrected chi connectivity index (χ3v) is 1.57. The molecule has 0 aliphatic heterocycles. The van der Waals surface area contributed by atoms with Crippen LogP contribution in [0.1, 0.15) is 4.88 Å². The molecule has 0 fully saturated rings. The Labute approximate surface area is 46.0 Å². The van der Waals surface area contributed by atoms with E-state index < -0.39 is 0 Å². The zero-order chi connectivity index (χ0) is 5.11. The Kier molecular flexibility index (Phi) is 1.38. The first-order valence-corrected chi connectivity index (χ1v) is 2.98. The molecule has 2 nitrogen and oxygen atoms in total. The van der Waals surface area contributed by atoms with Gasteiger partial charge in [0, 0.05) is 6.20 Å². The minimum absolute atomic E-state index is 0.866. The summed E-state index contributed by atoms with van der Waals surface area (Å²) < 4.78 is 0. The zero-order valence-corrected chi connectivity index (χ0v) is 4.74. The maximum atomic E-state index is 3.87. The van der Waals surface area contributed by atoms with Crippen molar-refractivity contribution in [3.8, 4) is 0 Å². The summed E-state index contributed by atoms with van der Waals surface area (Å²) in [6, 6.07) is 0. The van der Waals surface area contributed by atoms with Crippen molar-refractivity contribution in [2.75, 3.05) is 0 Å². The van der Waals surface area contributed by atoms with E-state index >= 15 is 0 Å². The third-order valence-electron chi connectivity index (χ3n) is 0.730. The van der Waals surface area contributed by atoms with Gasteiger partial charge in [0.15, 0.2) is 0 Å². The van der Waals surface area contributed by atoms with Crippen LogP contribution in [0.5, 0.6) is 0 Å². The number of nitrogens with zero attached hydrogens (tertiary/aromatic N) is 1. The van der Waals surface area contributed by atoms with Crippen molar-refractivity contribution in [3.63, 3.8) is 0 Å². The number of hydrogen-bond donors (Lipinski definition) is 1. The Morgan fingerprint density at radius 3 is 3.00 bits per heavy atom. The largest absolute Gasteiger partial charge is 0.353 e. The van der Waals surface area contributed by atoms with Crippen molar-refractivity contribution >= 4 is 11.3 Å². The molecular formula is C4H7N2S+. The number of quaternary nitrogens is 1. The van der Waals surface area contributed by atoms with Crippen molar-refractivity contribution in [2.24, 2.45) is 0 Å². The van der Waals surface area contributed by atoms with E-state index in [0.29, 0.717) is 0 Å². The smallest absolute Gasteiger partial charge is 0.111 e. The Balaban J connectivity index is 2.76. The summed E-state index contributed by atoms with van der Waals surface area (Å²) in [5, 5.41) is 0. The fourth-order valence-electron chi connectivity index (χ4n) is 0.366. The number of hydrogen-bond acceptors (Lipinski definition) is 2. The molecule has 0 aliphatic carbocycles. The summed E-state index contributed by atoms with van der Waals surface area (Å²) in [5.74, 6) is 0. The fraction of sp³-hybridized carbons (Fsp3) is 0.250. The number of rotatable bonds is 1. The fourth-order valence-corrected chi connectivity index (χ4v) is 0.862. The van der Waals surface area contributed by atoms with Crippen molar-refractivity contribution in [1.82, 2.24) is 4.98 Å². The molecule has 0 amide bonds. The van der Waals surface area contributed by atoms with E-state index in [1.165, 1.54) is 4.88 Å². The number of thiazole rings is 1. The van der Waals surface area contributed by atoms with E-state index in [9.17, 15) is 0 Å². The van der Waals surface area contributed by atoms with Gasteiger partial charge in [-0.15, -0.1) is 11.3 Å². The summed E-state index contributed by atoms with van der Waals surface area (Å²) >= 11 is 1.65. The second kappa shape index (κ2) is 2.04. The predicted octanol–water partition coefficient (Wildman–Crippen LogP) is -0.115. The average molecular weight is 115 g/mol. The standard InChI is InChI=1S/C4H6N2S/c5-1-4-2-6-3-7-4/h2-3H,1,5H2/p+1. The van der Waals surface area contributed by atoms with Gasteiger partial charge in [0.2, 0.25) is 0 Å². The molecule has 1 rings (SSSR count). The lowest BCUT2D eigenvalue weighted by atomic mass is 10.6. The highest BCUT2D eigenvalue weighted by Crippen LogP contribution is 2.00. The Morgan fingerprint density at radius 2 is 2.71 bits per heavy atom. The van der Waals surface area contributed by atoms with Gasteiger partial charge >= 0.3 is 0 Å². The quantitative estimate of drug-likeness (QED) is 0.545. The van der Waals surface area contributed by atoms with E-state index in [0.717, 1.165) is 6.54 Å². The van der Waals surface area contributed by atoms with E-state index in [1.54, 1.807) is 11.3 Å². The van der Waals surface area contributed by atoms with Gasteiger partial charge < -0.3 is 5.73 Å². The van der Waals surface area contributed by atoms with Gasteiger partial charge in [-0.05, 0) is 0 Å². The predicted molar refractivity (Wildman–Crippen MR) is 28.7 cm³/mol. The second-order valence-corrected chi connectivity index (χ2v) is 2.19. The topological polar surface area (TPSA) is 40.5 Å². The molecule has 0 bridgehead atoms. The van der Waals surface area contributed by atoms with Crippen molar-refractivity contribution in [2.45, 2.75) is 6.54 Å². The van der Waals surface area contributed by atoms with Gasteiger partial charge in [0.25, 0.3) is 0 Å². The molecule has 3 N–H and O–H groups in total. The summed E-state index contributed by atoms with van der Waals surface area (Å²) in [6.07, 6.45) is 1.84. The Bertz CT molecular complexity index is 124. The molecule has 0 saturated heterocycles. The summed E-state index contributed by atoms with van der Waals surface area (Å²) in [7, 11) is 0. The summed E-state index contributed by atoms with van der Waals surface area (Å²) in [6.45, 7) is 0.866. The van der Waals surface area contributed by atoms with Crippen molar-refractivity contribution in [3.05, 3.63) is 16.6 Å². The number of aromatic nitrogens is 1. The van der Waals surface area contributed by atoms with Crippen LogP contribution in [0.2, 0.25) is 0 Å². The van der Waals surface area contributed by atoms with E-state index in [4.69, 9.17) is 0 Å². The normalized spacial score (nSPS) is 9.29. The van der Waals surface area contributed by atoms with Crippen LogP contribution in [0.4, 0.5) is 0 Å². The summed E-state index contributed by atoms with van der Waals surface area (Å²) in [4.78, 5) is 5.12.